The Balaban J connectivity index is 1.44. The van der Waals surface area contributed by atoms with Gasteiger partial charge < -0.3 is 14.8 Å². The molecule has 35 heavy (non-hydrogen) atoms. The first kappa shape index (κ1) is 25.9. The maximum atomic E-state index is 13.4. The molecule has 0 unspecified atom stereocenters. The lowest BCUT2D eigenvalue weighted by molar-refractivity contribution is 0.0595. The molecule has 0 radical (unpaired) electrons. The lowest BCUT2D eigenvalue weighted by Crippen LogP contribution is -2.42. The average Bonchev–Trinajstić information content (AvgIpc) is 2.85. The molecule has 0 amide bonds. The summed E-state index contributed by atoms with van der Waals surface area (Å²) in [7, 11) is -2.11. The van der Waals surface area contributed by atoms with E-state index in [0.717, 1.165) is 19.4 Å². The number of hydrogen-bond acceptors (Lipinski definition) is 7. The number of hydrogen-bond donors (Lipinski definition) is 1. The number of anilines is 1. The van der Waals surface area contributed by atoms with Crippen molar-refractivity contribution in [2.75, 3.05) is 45.3 Å². The Hall–Kier alpha value is -2.14. The van der Waals surface area contributed by atoms with Crippen LogP contribution in [0.1, 0.15) is 42.9 Å². The van der Waals surface area contributed by atoms with Crippen LogP contribution in [0.15, 0.2) is 28.0 Å². The SMILES string of the molecule is COc1cc(C)c(S(=O)(=O)N2CCC(n3ncc(NC[C@H]4CCCOC4)c(Cl)c3=O)CC2)c(C)c1. The second kappa shape index (κ2) is 10.9. The van der Waals surface area contributed by atoms with E-state index in [9.17, 15) is 13.2 Å². The molecule has 9 nitrogen and oxygen atoms in total. The zero-order chi connectivity index (χ0) is 25.2. The lowest BCUT2D eigenvalue weighted by atomic mass is 10.0. The van der Waals surface area contributed by atoms with Crippen molar-refractivity contribution in [2.45, 2.75) is 50.5 Å². The van der Waals surface area contributed by atoms with E-state index in [-0.39, 0.29) is 16.6 Å². The fourth-order valence-electron chi connectivity index (χ4n) is 4.94. The van der Waals surface area contributed by atoms with Crippen LogP contribution in [0.5, 0.6) is 5.75 Å². The van der Waals surface area contributed by atoms with Crippen LogP contribution in [-0.4, -0.2) is 62.5 Å². The molecule has 2 aliphatic rings. The number of rotatable bonds is 7. The summed E-state index contributed by atoms with van der Waals surface area (Å²) in [6, 6.07) is 3.24. The Morgan fingerprint density at radius 3 is 2.49 bits per heavy atom. The van der Waals surface area contributed by atoms with Gasteiger partial charge in [0.05, 0.1) is 36.5 Å². The molecule has 192 valence electrons. The maximum Gasteiger partial charge on any atom is 0.287 e. The molecule has 4 rings (SSSR count). The van der Waals surface area contributed by atoms with Crippen LogP contribution in [0.4, 0.5) is 5.69 Å². The number of nitrogens with one attached hydrogen (secondary N) is 1. The van der Waals surface area contributed by atoms with E-state index < -0.39 is 10.0 Å². The zero-order valence-electron chi connectivity index (χ0n) is 20.4. The van der Waals surface area contributed by atoms with E-state index in [2.05, 4.69) is 10.4 Å². The predicted octanol–water partition coefficient (Wildman–Crippen LogP) is 3.39. The first-order chi connectivity index (χ1) is 16.7. The van der Waals surface area contributed by atoms with Crippen molar-refractivity contribution < 1.29 is 17.9 Å². The van der Waals surface area contributed by atoms with Gasteiger partial charge in [0.15, 0.2) is 0 Å². The number of nitrogens with zero attached hydrogens (tertiary/aromatic N) is 3. The van der Waals surface area contributed by atoms with Gasteiger partial charge in [-0.3, -0.25) is 4.79 Å². The molecule has 11 heteroatoms. The molecule has 1 N–H and O–H groups in total. The van der Waals surface area contributed by atoms with E-state index >= 15 is 0 Å². The topological polar surface area (TPSA) is 103 Å². The van der Waals surface area contributed by atoms with Crippen LogP contribution in [0, 0.1) is 19.8 Å². The summed E-state index contributed by atoms with van der Waals surface area (Å²) in [5.74, 6) is 1.01. The molecular weight excluding hydrogens is 492 g/mol. The summed E-state index contributed by atoms with van der Waals surface area (Å²) in [5.41, 5.74) is 1.46. The Labute approximate surface area is 211 Å². The van der Waals surface area contributed by atoms with Gasteiger partial charge >= 0.3 is 0 Å². The minimum Gasteiger partial charge on any atom is -0.497 e. The molecule has 1 atom stereocenters. The number of aromatic nitrogens is 2. The molecule has 2 saturated heterocycles. The quantitative estimate of drug-likeness (QED) is 0.592. The third kappa shape index (κ3) is 5.50. The van der Waals surface area contributed by atoms with Crippen LogP contribution in [-0.2, 0) is 14.8 Å². The van der Waals surface area contributed by atoms with Crippen molar-refractivity contribution in [1.82, 2.24) is 14.1 Å². The normalized spacial score (nSPS) is 20.1. The van der Waals surface area contributed by atoms with E-state index in [1.165, 1.54) is 8.99 Å². The second-order valence-electron chi connectivity index (χ2n) is 9.31. The third-order valence-electron chi connectivity index (χ3n) is 6.82. The minimum absolute atomic E-state index is 0.108. The lowest BCUT2D eigenvalue weighted by Gasteiger charge is -2.32. The molecule has 1 aromatic carbocycles. The van der Waals surface area contributed by atoms with Crippen LogP contribution >= 0.6 is 11.6 Å². The van der Waals surface area contributed by atoms with Crippen molar-refractivity contribution >= 4 is 27.3 Å². The highest BCUT2D eigenvalue weighted by Crippen LogP contribution is 2.31. The minimum atomic E-state index is -3.67. The molecule has 0 aliphatic carbocycles. The highest BCUT2D eigenvalue weighted by atomic mass is 35.5. The number of methoxy groups -OCH3 is 1. The van der Waals surface area contributed by atoms with E-state index in [0.29, 0.717) is 72.5 Å². The summed E-state index contributed by atoms with van der Waals surface area (Å²) >= 11 is 6.39. The summed E-state index contributed by atoms with van der Waals surface area (Å²) in [6.45, 7) is 6.32. The summed E-state index contributed by atoms with van der Waals surface area (Å²) in [4.78, 5) is 13.3. The van der Waals surface area contributed by atoms with Gasteiger partial charge in [-0.05, 0) is 68.7 Å². The predicted molar refractivity (Wildman–Crippen MR) is 135 cm³/mol. The highest BCUT2D eigenvalue weighted by Gasteiger charge is 2.33. The maximum absolute atomic E-state index is 13.4. The molecule has 1 aromatic heterocycles. The molecule has 0 bridgehead atoms. The van der Waals surface area contributed by atoms with Crippen molar-refractivity contribution in [3.63, 3.8) is 0 Å². The molecule has 3 heterocycles. The summed E-state index contributed by atoms with van der Waals surface area (Å²) < 4.78 is 40.4. The standard InChI is InChI=1S/C24H33ClN4O5S/c1-16-11-20(33-3)12-17(2)23(16)35(31,32)28-8-6-19(7-9-28)29-24(30)22(25)21(14-27-29)26-13-18-5-4-10-34-15-18/h11-12,14,18-19,26H,4-10,13,15H2,1-3H3/t18-/m1/s1. The average molecular weight is 525 g/mol. The number of aryl methyl sites for hydroxylation is 2. The van der Waals surface area contributed by atoms with E-state index in [4.69, 9.17) is 21.1 Å². The van der Waals surface area contributed by atoms with Gasteiger partial charge in [-0.1, -0.05) is 11.6 Å². The largest absolute Gasteiger partial charge is 0.497 e. The van der Waals surface area contributed by atoms with Crippen molar-refractivity contribution in [1.29, 1.82) is 0 Å². The first-order valence-corrected chi connectivity index (χ1v) is 13.8. The smallest absolute Gasteiger partial charge is 0.287 e. The number of piperidine rings is 1. The van der Waals surface area contributed by atoms with Crippen LogP contribution in [0.2, 0.25) is 5.02 Å². The van der Waals surface area contributed by atoms with Gasteiger partial charge in [-0.25, -0.2) is 13.1 Å². The van der Waals surface area contributed by atoms with Crippen molar-refractivity contribution in [2.24, 2.45) is 5.92 Å². The molecule has 0 saturated carbocycles. The molecular formula is C24H33ClN4O5S. The van der Waals surface area contributed by atoms with Crippen molar-refractivity contribution in [3.05, 3.63) is 44.8 Å². The number of benzene rings is 1. The first-order valence-electron chi connectivity index (χ1n) is 12.0. The zero-order valence-corrected chi connectivity index (χ0v) is 22.0. The summed E-state index contributed by atoms with van der Waals surface area (Å²) in [5, 5.41) is 7.70. The molecule has 0 spiro atoms. The van der Waals surface area contributed by atoms with Crippen LogP contribution in [0.25, 0.3) is 0 Å². The fourth-order valence-corrected chi connectivity index (χ4v) is 7.03. The fraction of sp³-hybridized carbons (Fsp3) is 0.583. The Bertz CT molecular complexity index is 1200. The van der Waals surface area contributed by atoms with Gasteiger partial charge in [0.2, 0.25) is 10.0 Å². The van der Waals surface area contributed by atoms with E-state index in [1.807, 2.05) is 0 Å². The van der Waals surface area contributed by atoms with Crippen LogP contribution < -0.4 is 15.6 Å². The Kier molecular flexibility index (Phi) is 8.05. The second-order valence-corrected chi connectivity index (χ2v) is 11.6. The van der Waals surface area contributed by atoms with Gasteiger partial charge in [-0.2, -0.15) is 9.40 Å². The molecule has 2 aliphatic heterocycles. The Morgan fingerprint density at radius 1 is 1.20 bits per heavy atom. The summed E-state index contributed by atoms with van der Waals surface area (Å²) in [6.07, 6.45) is 4.64. The number of halogens is 1. The monoisotopic (exact) mass is 524 g/mol. The third-order valence-corrected chi connectivity index (χ3v) is 9.39. The Morgan fingerprint density at radius 2 is 1.89 bits per heavy atom. The van der Waals surface area contributed by atoms with E-state index in [1.54, 1.807) is 39.3 Å². The van der Waals surface area contributed by atoms with Gasteiger partial charge in [-0.15, -0.1) is 0 Å². The molecule has 2 aromatic rings. The highest BCUT2D eigenvalue weighted by molar-refractivity contribution is 7.89. The van der Waals surface area contributed by atoms with Crippen molar-refractivity contribution in [3.8, 4) is 5.75 Å². The van der Waals surface area contributed by atoms with Gasteiger partial charge in [0.1, 0.15) is 10.8 Å². The van der Waals surface area contributed by atoms with Crippen LogP contribution in [0.3, 0.4) is 0 Å². The van der Waals surface area contributed by atoms with Gasteiger partial charge in [0, 0.05) is 26.2 Å². The number of ether oxygens (including phenoxy) is 2. The number of sulfonamides is 1. The molecule has 2 fully saturated rings. The van der Waals surface area contributed by atoms with Gasteiger partial charge in [0.25, 0.3) is 5.56 Å².